The molecule has 0 radical (unpaired) electrons. The molecule has 144 valence electrons. The van der Waals surface area contributed by atoms with Crippen LogP contribution in [-0.4, -0.2) is 51.8 Å². The van der Waals surface area contributed by atoms with Crippen molar-refractivity contribution in [1.82, 2.24) is 25.0 Å². The van der Waals surface area contributed by atoms with Crippen molar-refractivity contribution in [3.05, 3.63) is 48.3 Å². The Labute approximate surface area is 164 Å². The minimum atomic E-state index is -0.0921. The molecule has 2 aliphatic heterocycles. The molecular weight excluding hydrogens is 350 g/mol. The van der Waals surface area contributed by atoms with E-state index in [9.17, 15) is 4.79 Å². The minimum Gasteiger partial charge on any atom is -0.358 e. The van der Waals surface area contributed by atoms with E-state index in [1.165, 1.54) is 5.69 Å². The molecule has 1 amide bonds. The number of fused-ring (bicyclic) bond motifs is 3. The van der Waals surface area contributed by atoms with Crippen LogP contribution in [0.1, 0.15) is 25.5 Å². The monoisotopic (exact) mass is 375 g/mol. The van der Waals surface area contributed by atoms with Gasteiger partial charge in [-0.25, -0.2) is 0 Å². The van der Waals surface area contributed by atoms with Gasteiger partial charge in [-0.3, -0.25) is 19.4 Å². The van der Waals surface area contributed by atoms with Gasteiger partial charge in [0.15, 0.2) is 0 Å². The van der Waals surface area contributed by atoms with Gasteiger partial charge in [0.25, 0.3) is 0 Å². The number of carbonyl (C=O) groups is 1. The zero-order valence-corrected chi connectivity index (χ0v) is 16.4. The predicted octanol–water partition coefficient (Wildman–Crippen LogP) is 2.58. The molecule has 6 nitrogen and oxygen atoms in total. The number of hydrogen-bond acceptors (Lipinski definition) is 4. The average Bonchev–Trinajstić information content (AvgIpc) is 3.43. The number of aryl methyl sites for hydroxylation is 1. The fourth-order valence-electron chi connectivity index (χ4n) is 4.84. The highest BCUT2D eigenvalue weighted by Gasteiger charge is 2.47. The molecule has 2 atom stereocenters. The summed E-state index contributed by atoms with van der Waals surface area (Å²) in [6.45, 7) is 4.81. The van der Waals surface area contributed by atoms with Crippen LogP contribution in [0.15, 0.2) is 42.6 Å². The molecule has 28 heavy (non-hydrogen) atoms. The number of rotatable bonds is 3. The molecule has 0 aliphatic carbocycles. The van der Waals surface area contributed by atoms with Crippen LogP contribution in [-0.2, 0) is 16.8 Å². The summed E-state index contributed by atoms with van der Waals surface area (Å²) in [4.78, 5) is 19.0. The maximum atomic E-state index is 12.1. The largest absolute Gasteiger partial charge is 0.358 e. The number of aromatic nitrogens is 3. The quantitative estimate of drug-likeness (QED) is 0.764. The van der Waals surface area contributed by atoms with Crippen LogP contribution >= 0.6 is 0 Å². The standard InChI is InChI=1S/C22H25N5O/c1-15(21(28)23-2)26-9-7-22(14-26)8-10-27-20(22)12-19(25-27)17-11-16-5-3-4-6-18(16)24-13-17/h3-6,11-13,15H,7-10,14H2,1-2H3,(H,23,28). The van der Waals surface area contributed by atoms with E-state index in [2.05, 4.69) is 38.1 Å². The van der Waals surface area contributed by atoms with Crippen LogP contribution in [0.2, 0.25) is 0 Å². The minimum absolute atomic E-state index is 0.0893. The van der Waals surface area contributed by atoms with Gasteiger partial charge in [0.2, 0.25) is 5.91 Å². The van der Waals surface area contributed by atoms with Crippen molar-refractivity contribution in [1.29, 1.82) is 0 Å². The summed E-state index contributed by atoms with van der Waals surface area (Å²) >= 11 is 0. The second-order valence-electron chi connectivity index (χ2n) is 8.10. The van der Waals surface area contributed by atoms with Gasteiger partial charge in [-0.15, -0.1) is 0 Å². The molecule has 1 fully saturated rings. The Morgan fingerprint density at radius 2 is 2.04 bits per heavy atom. The number of hydrogen-bond donors (Lipinski definition) is 1. The van der Waals surface area contributed by atoms with Gasteiger partial charge in [0.05, 0.1) is 17.3 Å². The van der Waals surface area contributed by atoms with Crippen molar-refractivity contribution in [3.8, 4) is 11.3 Å². The van der Waals surface area contributed by atoms with E-state index in [0.717, 1.165) is 54.6 Å². The number of amides is 1. The highest BCUT2D eigenvalue weighted by Crippen LogP contribution is 2.44. The summed E-state index contributed by atoms with van der Waals surface area (Å²) in [7, 11) is 1.71. The number of likely N-dealkylation sites (N-methyl/N-ethyl adjacent to an activating group) is 1. The highest BCUT2D eigenvalue weighted by molar-refractivity contribution is 5.83. The summed E-state index contributed by atoms with van der Waals surface area (Å²) in [6.07, 6.45) is 4.10. The molecule has 0 saturated carbocycles. The number of likely N-dealkylation sites (tertiary alicyclic amines) is 1. The molecule has 6 heteroatoms. The first-order valence-corrected chi connectivity index (χ1v) is 9.99. The Balaban J connectivity index is 1.45. The van der Waals surface area contributed by atoms with Crippen molar-refractivity contribution >= 4 is 16.8 Å². The van der Waals surface area contributed by atoms with E-state index in [0.29, 0.717) is 0 Å². The van der Waals surface area contributed by atoms with Crippen molar-refractivity contribution in [2.45, 2.75) is 37.8 Å². The maximum absolute atomic E-state index is 12.1. The zero-order chi connectivity index (χ0) is 19.3. The summed E-state index contributed by atoms with van der Waals surface area (Å²) in [6, 6.07) is 12.5. The smallest absolute Gasteiger partial charge is 0.236 e. The lowest BCUT2D eigenvalue weighted by atomic mass is 9.82. The number of nitrogens with zero attached hydrogens (tertiary/aromatic N) is 4. The lowest BCUT2D eigenvalue weighted by molar-refractivity contribution is -0.125. The lowest BCUT2D eigenvalue weighted by Gasteiger charge is -2.26. The van der Waals surface area contributed by atoms with Gasteiger partial charge >= 0.3 is 0 Å². The van der Waals surface area contributed by atoms with E-state index in [-0.39, 0.29) is 17.4 Å². The van der Waals surface area contributed by atoms with Gasteiger partial charge in [-0.2, -0.15) is 5.10 Å². The van der Waals surface area contributed by atoms with Gasteiger partial charge < -0.3 is 5.32 Å². The first-order chi connectivity index (χ1) is 13.6. The van der Waals surface area contributed by atoms with E-state index in [1.807, 2.05) is 31.3 Å². The number of para-hydroxylation sites is 1. The van der Waals surface area contributed by atoms with Crippen molar-refractivity contribution < 1.29 is 4.79 Å². The second kappa shape index (κ2) is 6.41. The molecule has 5 rings (SSSR count). The molecule has 1 saturated heterocycles. The number of pyridine rings is 1. The van der Waals surface area contributed by atoms with Crippen LogP contribution in [0.5, 0.6) is 0 Å². The average molecular weight is 375 g/mol. The predicted molar refractivity (Wildman–Crippen MR) is 109 cm³/mol. The molecule has 3 aromatic rings. The molecular formula is C22H25N5O. The molecule has 1 aromatic carbocycles. The third kappa shape index (κ3) is 2.63. The number of benzene rings is 1. The summed E-state index contributed by atoms with van der Waals surface area (Å²) in [5, 5.41) is 8.80. The van der Waals surface area contributed by atoms with Gasteiger partial charge in [-0.1, -0.05) is 18.2 Å². The number of nitrogens with one attached hydrogen (secondary N) is 1. The van der Waals surface area contributed by atoms with Gasteiger partial charge in [-0.05, 0) is 44.5 Å². The summed E-state index contributed by atoms with van der Waals surface area (Å²) in [5.41, 5.74) is 4.47. The summed E-state index contributed by atoms with van der Waals surface area (Å²) < 4.78 is 2.17. The van der Waals surface area contributed by atoms with E-state index in [1.54, 1.807) is 7.05 Å². The first-order valence-electron chi connectivity index (χ1n) is 9.99. The van der Waals surface area contributed by atoms with E-state index >= 15 is 0 Å². The van der Waals surface area contributed by atoms with Crippen LogP contribution in [0, 0.1) is 0 Å². The van der Waals surface area contributed by atoms with Gasteiger partial charge in [0.1, 0.15) is 0 Å². The van der Waals surface area contributed by atoms with Crippen LogP contribution in [0.25, 0.3) is 22.2 Å². The van der Waals surface area contributed by atoms with Crippen molar-refractivity contribution in [3.63, 3.8) is 0 Å². The Hall–Kier alpha value is -2.73. The summed E-state index contributed by atoms with van der Waals surface area (Å²) in [5.74, 6) is 0.0893. The van der Waals surface area contributed by atoms with Crippen LogP contribution in [0.3, 0.4) is 0 Å². The zero-order valence-electron chi connectivity index (χ0n) is 16.4. The van der Waals surface area contributed by atoms with Gasteiger partial charge in [0, 0.05) is 48.4 Å². The number of carbonyl (C=O) groups excluding carboxylic acids is 1. The Morgan fingerprint density at radius 1 is 1.21 bits per heavy atom. The SMILES string of the molecule is CNC(=O)C(C)N1CCC2(CCn3nc(-c4cnc5ccccc5c4)cc32)C1. The van der Waals surface area contributed by atoms with Crippen molar-refractivity contribution in [2.24, 2.45) is 0 Å². The molecule has 0 bridgehead atoms. The molecule has 1 N–H and O–H groups in total. The Kier molecular flexibility index (Phi) is 3.98. The first kappa shape index (κ1) is 17.4. The molecule has 2 aromatic heterocycles. The van der Waals surface area contributed by atoms with E-state index < -0.39 is 0 Å². The maximum Gasteiger partial charge on any atom is 0.236 e. The van der Waals surface area contributed by atoms with Crippen LogP contribution in [0.4, 0.5) is 0 Å². The third-order valence-corrected chi connectivity index (χ3v) is 6.57. The molecule has 2 aliphatic rings. The molecule has 1 spiro atoms. The Morgan fingerprint density at radius 3 is 2.89 bits per heavy atom. The fourth-order valence-corrected chi connectivity index (χ4v) is 4.84. The normalized spacial score (nSPS) is 22.6. The van der Waals surface area contributed by atoms with Crippen LogP contribution < -0.4 is 5.32 Å². The fraction of sp³-hybridized carbons (Fsp3) is 0.409. The third-order valence-electron chi connectivity index (χ3n) is 6.57. The Bertz CT molecular complexity index is 1060. The molecule has 2 unspecified atom stereocenters. The lowest BCUT2D eigenvalue weighted by Crippen LogP contribution is -2.44. The highest BCUT2D eigenvalue weighted by atomic mass is 16.2. The second-order valence-corrected chi connectivity index (χ2v) is 8.10. The van der Waals surface area contributed by atoms with E-state index in [4.69, 9.17) is 5.10 Å². The van der Waals surface area contributed by atoms with Crippen molar-refractivity contribution in [2.75, 3.05) is 20.1 Å². The topological polar surface area (TPSA) is 63.1 Å². The molecule has 4 heterocycles.